The Hall–Kier alpha value is -3.16. The number of aromatic amines is 1. The van der Waals surface area contributed by atoms with E-state index in [0.717, 1.165) is 5.69 Å². The number of nitrogens with zero attached hydrogens (tertiary/aromatic N) is 3. The van der Waals surface area contributed by atoms with E-state index in [1.54, 1.807) is 12.1 Å². The Bertz CT molecular complexity index is 811. The van der Waals surface area contributed by atoms with Gasteiger partial charge in [-0.1, -0.05) is 6.07 Å². The van der Waals surface area contributed by atoms with Crippen molar-refractivity contribution in [3.63, 3.8) is 0 Å². The summed E-state index contributed by atoms with van der Waals surface area (Å²) >= 11 is 0. The van der Waals surface area contributed by atoms with Crippen LogP contribution >= 0.6 is 0 Å². The number of aromatic nitrogens is 4. The summed E-state index contributed by atoms with van der Waals surface area (Å²) in [6.07, 6.45) is 1.53. The molecule has 8 nitrogen and oxygen atoms in total. The molecule has 0 bridgehead atoms. The fourth-order valence-corrected chi connectivity index (χ4v) is 1.96. The van der Waals surface area contributed by atoms with Crippen LogP contribution in [0, 0.1) is 0 Å². The van der Waals surface area contributed by atoms with Crippen molar-refractivity contribution < 1.29 is 4.79 Å². The Balaban J connectivity index is 1.95. The minimum atomic E-state index is -0.130. The van der Waals surface area contributed by atoms with Crippen molar-refractivity contribution in [1.82, 2.24) is 19.9 Å². The average Bonchev–Trinajstić information content (AvgIpc) is 2.86. The summed E-state index contributed by atoms with van der Waals surface area (Å²) in [6.45, 7) is 1.46. The molecule has 0 aliphatic carbocycles. The largest absolute Gasteiger partial charge is 0.368 e. The molecule has 2 aromatic heterocycles. The smallest absolute Gasteiger partial charge is 0.224 e. The number of amides is 1. The van der Waals surface area contributed by atoms with Crippen LogP contribution in [0.4, 0.5) is 23.1 Å². The Morgan fingerprint density at radius 1 is 1.29 bits per heavy atom. The van der Waals surface area contributed by atoms with Crippen molar-refractivity contribution in [2.45, 2.75) is 6.92 Å². The third-order valence-electron chi connectivity index (χ3n) is 2.75. The number of rotatable bonds is 3. The lowest BCUT2D eigenvalue weighted by Gasteiger charge is -2.09. The third kappa shape index (κ3) is 2.73. The van der Waals surface area contributed by atoms with E-state index in [1.807, 2.05) is 12.1 Å². The van der Waals surface area contributed by atoms with E-state index < -0.39 is 0 Å². The molecule has 2 heterocycles. The van der Waals surface area contributed by atoms with Gasteiger partial charge in [-0.2, -0.15) is 9.97 Å². The predicted octanol–water partition coefficient (Wildman–Crippen LogP) is 1.64. The normalized spacial score (nSPS) is 10.5. The van der Waals surface area contributed by atoms with Crippen molar-refractivity contribution >= 4 is 40.2 Å². The van der Waals surface area contributed by atoms with E-state index >= 15 is 0 Å². The number of anilines is 4. The van der Waals surface area contributed by atoms with Crippen LogP contribution in [0.5, 0.6) is 0 Å². The van der Waals surface area contributed by atoms with Crippen LogP contribution in [0.1, 0.15) is 6.92 Å². The van der Waals surface area contributed by atoms with E-state index in [9.17, 15) is 4.79 Å². The van der Waals surface area contributed by atoms with Gasteiger partial charge >= 0.3 is 0 Å². The quantitative estimate of drug-likeness (QED) is 0.579. The molecular formula is C13H13N7O. The van der Waals surface area contributed by atoms with Gasteiger partial charge in [-0.3, -0.25) is 4.79 Å². The van der Waals surface area contributed by atoms with Gasteiger partial charge in [-0.25, -0.2) is 4.98 Å². The molecule has 1 aromatic carbocycles. The second-order valence-corrected chi connectivity index (χ2v) is 4.42. The fraction of sp³-hybridized carbons (Fsp3) is 0.0769. The minimum Gasteiger partial charge on any atom is -0.368 e. The van der Waals surface area contributed by atoms with Gasteiger partial charge in [-0.05, 0) is 18.2 Å². The zero-order chi connectivity index (χ0) is 14.8. The molecule has 8 heteroatoms. The molecule has 21 heavy (non-hydrogen) atoms. The van der Waals surface area contributed by atoms with Crippen LogP contribution in [0.25, 0.3) is 11.2 Å². The second-order valence-electron chi connectivity index (χ2n) is 4.42. The molecule has 0 aliphatic heterocycles. The topological polar surface area (TPSA) is 122 Å². The molecular weight excluding hydrogens is 270 g/mol. The van der Waals surface area contributed by atoms with Crippen molar-refractivity contribution in [2.24, 2.45) is 0 Å². The van der Waals surface area contributed by atoms with Crippen LogP contribution in [0.15, 0.2) is 30.6 Å². The number of nitrogens with two attached hydrogens (primary N) is 1. The van der Waals surface area contributed by atoms with E-state index in [-0.39, 0.29) is 11.9 Å². The molecule has 1 amide bonds. The van der Waals surface area contributed by atoms with E-state index in [1.165, 1.54) is 13.3 Å². The average molecular weight is 283 g/mol. The molecule has 0 fully saturated rings. The third-order valence-corrected chi connectivity index (χ3v) is 2.75. The van der Waals surface area contributed by atoms with Crippen LogP contribution in [0.3, 0.4) is 0 Å². The van der Waals surface area contributed by atoms with E-state index in [0.29, 0.717) is 22.7 Å². The monoisotopic (exact) mass is 283 g/mol. The number of hydrogen-bond donors (Lipinski definition) is 4. The highest BCUT2D eigenvalue weighted by atomic mass is 16.1. The van der Waals surface area contributed by atoms with Crippen LogP contribution < -0.4 is 16.4 Å². The molecule has 3 aromatic rings. The Morgan fingerprint density at radius 2 is 2.10 bits per heavy atom. The summed E-state index contributed by atoms with van der Waals surface area (Å²) in [5.41, 5.74) is 8.26. The minimum absolute atomic E-state index is 0.130. The van der Waals surface area contributed by atoms with Gasteiger partial charge in [0.2, 0.25) is 11.9 Å². The first-order valence-corrected chi connectivity index (χ1v) is 6.23. The Morgan fingerprint density at radius 3 is 2.90 bits per heavy atom. The molecule has 0 atom stereocenters. The summed E-state index contributed by atoms with van der Waals surface area (Å²) in [4.78, 5) is 26.3. The van der Waals surface area contributed by atoms with Crippen molar-refractivity contribution in [3.8, 4) is 0 Å². The first-order valence-electron chi connectivity index (χ1n) is 6.23. The van der Waals surface area contributed by atoms with Crippen molar-refractivity contribution in [1.29, 1.82) is 0 Å². The SMILES string of the molecule is CC(=O)Nc1cccc(Nc2nc(N)nc3nc[nH]c23)c1. The number of nitrogen functional groups attached to an aromatic ring is 1. The molecule has 106 valence electrons. The highest BCUT2D eigenvalue weighted by molar-refractivity contribution is 5.90. The Labute approximate surface area is 119 Å². The number of fused-ring (bicyclic) bond motifs is 1. The number of hydrogen-bond acceptors (Lipinski definition) is 6. The summed E-state index contributed by atoms with van der Waals surface area (Å²) in [5, 5.41) is 5.85. The molecule has 5 N–H and O–H groups in total. The lowest BCUT2D eigenvalue weighted by molar-refractivity contribution is -0.114. The van der Waals surface area contributed by atoms with Crippen LogP contribution in [0.2, 0.25) is 0 Å². The first-order chi connectivity index (χ1) is 10.1. The number of carbonyl (C=O) groups is 1. The highest BCUT2D eigenvalue weighted by Gasteiger charge is 2.09. The van der Waals surface area contributed by atoms with Gasteiger partial charge in [0, 0.05) is 18.3 Å². The van der Waals surface area contributed by atoms with Gasteiger partial charge in [0.15, 0.2) is 11.5 Å². The van der Waals surface area contributed by atoms with E-state index in [4.69, 9.17) is 5.73 Å². The summed E-state index contributed by atoms with van der Waals surface area (Å²) in [7, 11) is 0. The molecule has 0 aliphatic rings. The summed E-state index contributed by atoms with van der Waals surface area (Å²) in [5.74, 6) is 0.527. The predicted molar refractivity (Wildman–Crippen MR) is 80.1 cm³/mol. The maximum Gasteiger partial charge on any atom is 0.224 e. The summed E-state index contributed by atoms with van der Waals surface area (Å²) < 4.78 is 0. The molecule has 3 rings (SSSR count). The first kappa shape index (κ1) is 12.9. The zero-order valence-corrected chi connectivity index (χ0v) is 11.2. The number of benzene rings is 1. The number of H-pyrrole nitrogens is 1. The lowest BCUT2D eigenvalue weighted by atomic mass is 10.2. The zero-order valence-electron chi connectivity index (χ0n) is 11.2. The molecule has 0 saturated heterocycles. The van der Waals surface area contributed by atoms with Crippen LogP contribution in [-0.4, -0.2) is 25.8 Å². The maximum atomic E-state index is 11.1. The van der Waals surface area contributed by atoms with Gasteiger partial charge in [-0.15, -0.1) is 0 Å². The summed E-state index contributed by atoms with van der Waals surface area (Å²) in [6, 6.07) is 7.27. The fourth-order valence-electron chi connectivity index (χ4n) is 1.96. The second kappa shape index (κ2) is 5.08. The molecule has 0 radical (unpaired) electrons. The van der Waals surface area contributed by atoms with E-state index in [2.05, 4.69) is 30.6 Å². The number of carbonyl (C=O) groups excluding carboxylic acids is 1. The van der Waals surface area contributed by atoms with Crippen LogP contribution in [-0.2, 0) is 4.79 Å². The number of nitrogens with one attached hydrogen (secondary N) is 3. The van der Waals surface area contributed by atoms with Gasteiger partial charge in [0.05, 0.1) is 6.33 Å². The van der Waals surface area contributed by atoms with Gasteiger partial charge in [0.1, 0.15) is 5.52 Å². The highest BCUT2D eigenvalue weighted by Crippen LogP contribution is 2.23. The molecule has 0 spiro atoms. The standard InChI is InChI=1S/C13H13N7O/c1-7(21)17-8-3-2-4-9(5-8)18-12-10-11(16-6-15-10)19-13(14)20-12/h2-6H,1H3,(H,17,21)(H4,14,15,16,18,19,20). The van der Waals surface area contributed by atoms with Crippen molar-refractivity contribution in [3.05, 3.63) is 30.6 Å². The maximum absolute atomic E-state index is 11.1. The van der Waals surface area contributed by atoms with Gasteiger partial charge < -0.3 is 21.4 Å². The molecule has 0 saturated carbocycles. The lowest BCUT2D eigenvalue weighted by Crippen LogP contribution is -2.06. The van der Waals surface area contributed by atoms with Crippen molar-refractivity contribution in [2.75, 3.05) is 16.4 Å². The number of imidazole rings is 1. The molecule has 0 unspecified atom stereocenters. The van der Waals surface area contributed by atoms with Gasteiger partial charge in [0.25, 0.3) is 0 Å². The Kier molecular flexibility index (Phi) is 3.11.